The lowest BCUT2D eigenvalue weighted by molar-refractivity contribution is 0.0734. The molecule has 1 aliphatic rings. The highest BCUT2D eigenvalue weighted by Crippen LogP contribution is 2.19. The number of hydrogen-bond donors (Lipinski definition) is 0. The number of carbonyl (C=O) groups excluding carboxylic acids is 1. The van der Waals surface area contributed by atoms with Crippen LogP contribution in [0.2, 0.25) is 0 Å². The number of benzene rings is 1. The average molecular weight is 400 g/mol. The topological polar surface area (TPSA) is 92.4 Å². The fourth-order valence-electron chi connectivity index (χ4n) is 3.53. The van der Waals surface area contributed by atoms with Crippen LogP contribution < -0.4 is 4.90 Å². The summed E-state index contributed by atoms with van der Waals surface area (Å²) in [5, 5.41) is 4.33. The van der Waals surface area contributed by atoms with E-state index in [0.29, 0.717) is 37.8 Å². The average Bonchev–Trinajstić information content (AvgIpc) is 3.25. The predicted molar refractivity (Wildman–Crippen MR) is 111 cm³/mol. The molecule has 0 saturated carbocycles. The van der Waals surface area contributed by atoms with Gasteiger partial charge in [0.2, 0.25) is 5.82 Å². The molecule has 1 aliphatic heterocycles. The Hall–Kier alpha value is -3.88. The summed E-state index contributed by atoms with van der Waals surface area (Å²) in [6.07, 6.45) is 3.44. The Kier molecular flexibility index (Phi) is 4.55. The van der Waals surface area contributed by atoms with Crippen molar-refractivity contribution in [3.8, 4) is 11.4 Å². The highest BCUT2D eigenvalue weighted by Gasteiger charge is 2.26. The zero-order valence-corrected chi connectivity index (χ0v) is 16.5. The summed E-state index contributed by atoms with van der Waals surface area (Å²) in [5.41, 5.74) is 1.87. The normalized spacial score (nSPS) is 14.3. The highest BCUT2D eigenvalue weighted by atomic mass is 16.2. The summed E-state index contributed by atoms with van der Waals surface area (Å²) in [6, 6.07) is 13.6. The smallest absolute Gasteiger partial charge is 0.293 e. The Morgan fingerprint density at radius 2 is 1.67 bits per heavy atom. The van der Waals surface area contributed by atoms with Crippen molar-refractivity contribution in [2.45, 2.75) is 6.92 Å². The minimum Gasteiger partial charge on any atom is -0.353 e. The van der Waals surface area contributed by atoms with Crippen LogP contribution in [0.15, 0.2) is 54.9 Å². The summed E-state index contributed by atoms with van der Waals surface area (Å²) in [4.78, 5) is 34.4. The molecule has 3 aromatic heterocycles. The van der Waals surface area contributed by atoms with Crippen LogP contribution in [0.3, 0.4) is 0 Å². The molecule has 0 atom stereocenters. The second kappa shape index (κ2) is 7.51. The number of carbonyl (C=O) groups is 1. The van der Waals surface area contributed by atoms with Gasteiger partial charge in [0, 0.05) is 49.8 Å². The molecule has 0 bridgehead atoms. The molecule has 0 spiro atoms. The molecular weight excluding hydrogens is 380 g/mol. The second-order valence-corrected chi connectivity index (χ2v) is 7.12. The third kappa shape index (κ3) is 3.34. The standard InChI is InChI=1S/C21H20N8O/c1-15-7-9-23-21-25-19(26-29(15)21)20(30)28-13-11-27(12-14-28)17-8-10-22-18(24-17)16-5-3-2-4-6-16/h2-10H,11-14H2,1H3. The fourth-order valence-corrected chi connectivity index (χ4v) is 3.53. The van der Waals surface area contributed by atoms with E-state index in [0.717, 1.165) is 17.1 Å². The summed E-state index contributed by atoms with van der Waals surface area (Å²) in [5.74, 6) is 2.00. The zero-order valence-electron chi connectivity index (χ0n) is 16.5. The van der Waals surface area contributed by atoms with Gasteiger partial charge in [-0.2, -0.15) is 4.98 Å². The van der Waals surface area contributed by atoms with Gasteiger partial charge in [-0.3, -0.25) is 4.79 Å². The maximum atomic E-state index is 12.9. The quantitative estimate of drug-likeness (QED) is 0.518. The number of aromatic nitrogens is 6. The van der Waals surface area contributed by atoms with Crippen LogP contribution in [0.1, 0.15) is 16.3 Å². The molecule has 0 unspecified atom stereocenters. The summed E-state index contributed by atoms with van der Waals surface area (Å²) in [7, 11) is 0. The molecule has 4 heterocycles. The number of amides is 1. The number of nitrogens with zero attached hydrogens (tertiary/aromatic N) is 8. The SMILES string of the molecule is Cc1ccnc2nc(C(=O)N3CCN(c4ccnc(-c5ccccc5)n4)CC3)nn12. The lowest BCUT2D eigenvalue weighted by Gasteiger charge is -2.34. The monoisotopic (exact) mass is 400 g/mol. The van der Waals surface area contributed by atoms with Gasteiger partial charge >= 0.3 is 0 Å². The van der Waals surface area contributed by atoms with E-state index >= 15 is 0 Å². The van der Waals surface area contributed by atoms with Crippen molar-refractivity contribution in [1.29, 1.82) is 0 Å². The first-order valence-electron chi connectivity index (χ1n) is 9.80. The Balaban J connectivity index is 1.29. The van der Waals surface area contributed by atoms with Crippen LogP contribution >= 0.6 is 0 Å². The van der Waals surface area contributed by atoms with E-state index in [-0.39, 0.29) is 11.7 Å². The van der Waals surface area contributed by atoms with Crippen LogP contribution in [0.25, 0.3) is 17.2 Å². The highest BCUT2D eigenvalue weighted by molar-refractivity contribution is 5.91. The lowest BCUT2D eigenvalue weighted by atomic mass is 10.2. The van der Waals surface area contributed by atoms with Gasteiger partial charge < -0.3 is 9.80 Å². The third-order valence-corrected chi connectivity index (χ3v) is 5.18. The maximum absolute atomic E-state index is 12.9. The van der Waals surface area contributed by atoms with Crippen LogP contribution in [-0.2, 0) is 0 Å². The first-order valence-corrected chi connectivity index (χ1v) is 9.80. The number of aryl methyl sites for hydroxylation is 1. The van der Waals surface area contributed by atoms with Crippen molar-refractivity contribution >= 4 is 17.5 Å². The molecule has 0 aliphatic carbocycles. The Labute approximate surface area is 173 Å². The van der Waals surface area contributed by atoms with E-state index < -0.39 is 0 Å². The van der Waals surface area contributed by atoms with Crippen LogP contribution in [0.5, 0.6) is 0 Å². The molecule has 4 aromatic rings. The van der Waals surface area contributed by atoms with Crippen LogP contribution in [-0.4, -0.2) is 66.5 Å². The van der Waals surface area contributed by atoms with E-state index in [1.807, 2.05) is 49.4 Å². The van der Waals surface area contributed by atoms with Gasteiger partial charge in [0.25, 0.3) is 11.7 Å². The van der Waals surface area contributed by atoms with Crippen LogP contribution in [0.4, 0.5) is 5.82 Å². The van der Waals surface area contributed by atoms with Gasteiger partial charge in [0.05, 0.1) is 0 Å². The van der Waals surface area contributed by atoms with E-state index in [1.54, 1.807) is 21.8 Å². The number of rotatable bonds is 3. The number of fused-ring (bicyclic) bond motifs is 1. The molecule has 150 valence electrons. The Morgan fingerprint density at radius 3 is 2.43 bits per heavy atom. The first-order chi connectivity index (χ1) is 14.7. The fraction of sp³-hybridized carbons (Fsp3) is 0.238. The van der Waals surface area contributed by atoms with E-state index in [9.17, 15) is 4.79 Å². The molecule has 30 heavy (non-hydrogen) atoms. The van der Waals surface area contributed by atoms with Gasteiger partial charge in [0.1, 0.15) is 5.82 Å². The first kappa shape index (κ1) is 18.2. The Bertz CT molecular complexity index is 1200. The van der Waals surface area contributed by atoms with Crippen molar-refractivity contribution in [3.63, 3.8) is 0 Å². The molecule has 9 nitrogen and oxygen atoms in total. The molecule has 1 aromatic carbocycles. The summed E-state index contributed by atoms with van der Waals surface area (Å²) < 4.78 is 1.59. The third-order valence-electron chi connectivity index (χ3n) is 5.18. The van der Waals surface area contributed by atoms with Crippen molar-refractivity contribution in [1.82, 2.24) is 34.4 Å². The molecule has 1 saturated heterocycles. The minimum atomic E-state index is -0.174. The molecule has 0 N–H and O–H groups in total. The predicted octanol–water partition coefficient (Wildman–Crippen LogP) is 1.85. The summed E-state index contributed by atoms with van der Waals surface area (Å²) in [6.45, 7) is 4.42. The van der Waals surface area contributed by atoms with Crippen molar-refractivity contribution < 1.29 is 4.79 Å². The zero-order chi connectivity index (χ0) is 20.5. The molecule has 1 amide bonds. The van der Waals surface area contributed by atoms with E-state index in [1.165, 1.54) is 0 Å². The van der Waals surface area contributed by atoms with Gasteiger partial charge in [-0.1, -0.05) is 30.3 Å². The van der Waals surface area contributed by atoms with E-state index in [4.69, 9.17) is 4.98 Å². The van der Waals surface area contributed by atoms with Crippen molar-refractivity contribution in [2.75, 3.05) is 31.1 Å². The molecule has 0 radical (unpaired) electrons. The minimum absolute atomic E-state index is 0.174. The maximum Gasteiger partial charge on any atom is 0.293 e. The molecule has 1 fully saturated rings. The number of hydrogen-bond acceptors (Lipinski definition) is 7. The summed E-state index contributed by atoms with van der Waals surface area (Å²) >= 11 is 0. The Morgan fingerprint density at radius 1 is 0.900 bits per heavy atom. The molecule has 9 heteroatoms. The van der Waals surface area contributed by atoms with E-state index in [2.05, 4.69) is 25.0 Å². The molecule has 5 rings (SSSR count). The van der Waals surface area contributed by atoms with Gasteiger partial charge in [-0.25, -0.2) is 19.5 Å². The van der Waals surface area contributed by atoms with Gasteiger partial charge in [-0.05, 0) is 19.1 Å². The second-order valence-electron chi connectivity index (χ2n) is 7.12. The van der Waals surface area contributed by atoms with Crippen LogP contribution in [0, 0.1) is 6.92 Å². The van der Waals surface area contributed by atoms with Gasteiger partial charge in [0.15, 0.2) is 5.82 Å². The molecular formula is C21H20N8O. The lowest BCUT2D eigenvalue weighted by Crippen LogP contribution is -2.49. The van der Waals surface area contributed by atoms with Crippen molar-refractivity contribution in [3.05, 3.63) is 66.4 Å². The number of anilines is 1. The van der Waals surface area contributed by atoms with Crippen molar-refractivity contribution in [2.24, 2.45) is 0 Å². The number of piperazine rings is 1. The largest absolute Gasteiger partial charge is 0.353 e. The van der Waals surface area contributed by atoms with Gasteiger partial charge in [-0.15, -0.1) is 5.10 Å².